The Balaban J connectivity index is 1.81. The fraction of sp³-hybridized carbons (Fsp3) is 0.188. The zero-order valence-corrected chi connectivity index (χ0v) is 12.8. The molecule has 21 heavy (non-hydrogen) atoms. The summed E-state index contributed by atoms with van der Waals surface area (Å²) in [5.74, 6) is -0.976. The summed E-state index contributed by atoms with van der Waals surface area (Å²) < 4.78 is 0. The second-order valence-corrected chi connectivity index (χ2v) is 6.33. The Morgan fingerprint density at radius 1 is 1.38 bits per heavy atom. The molecule has 0 bridgehead atoms. The van der Waals surface area contributed by atoms with Gasteiger partial charge in [0.05, 0.1) is 0 Å². The number of carboxylic acid groups (broad SMARTS) is 1. The number of hydrogen-bond acceptors (Lipinski definition) is 3. The van der Waals surface area contributed by atoms with Crippen LogP contribution in [-0.4, -0.2) is 17.6 Å². The molecule has 3 rings (SSSR count). The highest BCUT2D eigenvalue weighted by molar-refractivity contribution is 7.10. The van der Waals surface area contributed by atoms with Gasteiger partial charge in [0.15, 0.2) is 0 Å². The molecule has 0 aliphatic carbocycles. The SMILES string of the molecule is O=C(O)/C=C/c1ccc(N2CCc3sccc3C2)cc1Cl. The van der Waals surface area contributed by atoms with Gasteiger partial charge in [-0.1, -0.05) is 17.7 Å². The zero-order valence-electron chi connectivity index (χ0n) is 11.3. The highest BCUT2D eigenvalue weighted by Gasteiger charge is 2.17. The third-order valence-corrected chi connectivity index (χ3v) is 4.91. The molecule has 2 aromatic rings. The van der Waals surface area contributed by atoms with Crippen molar-refractivity contribution in [2.24, 2.45) is 0 Å². The van der Waals surface area contributed by atoms with Gasteiger partial charge >= 0.3 is 5.97 Å². The molecule has 2 heterocycles. The van der Waals surface area contributed by atoms with Crippen LogP contribution < -0.4 is 4.90 Å². The van der Waals surface area contributed by atoms with Crippen molar-refractivity contribution in [3.8, 4) is 0 Å². The van der Waals surface area contributed by atoms with Crippen molar-refractivity contribution in [3.05, 3.63) is 56.7 Å². The first kappa shape index (κ1) is 14.2. The molecule has 108 valence electrons. The maximum Gasteiger partial charge on any atom is 0.328 e. The molecular weight excluding hydrogens is 306 g/mol. The highest BCUT2D eigenvalue weighted by Crippen LogP contribution is 2.30. The zero-order chi connectivity index (χ0) is 14.8. The van der Waals surface area contributed by atoms with Gasteiger partial charge in [-0.05, 0) is 47.2 Å². The van der Waals surface area contributed by atoms with Gasteiger partial charge in [0.25, 0.3) is 0 Å². The molecule has 3 nitrogen and oxygen atoms in total. The van der Waals surface area contributed by atoms with Gasteiger partial charge in [-0.15, -0.1) is 11.3 Å². The second kappa shape index (κ2) is 5.92. The summed E-state index contributed by atoms with van der Waals surface area (Å²) in [4.78, 5) is 14.3. The molecule has 0 saturated carbocycles. The Morgan fingerprint density at radius 3 is 3.00 bits per heavy atom. The number of halogens is 1. The molecule has 0 amide bonds. The van der Waals surface area contributed by atoms with E-state index in [1.807, 2.05) is 29.5 Å². The normalized spacial score (nSPS) is 14.4. The van der Waals surface area contributed by atoms with Gasteiger partial charge < -0.3 is 10.0 Å². The summed E-state index contributed by atoms with van der Waals surface area (Å²) in [5.41, 5.74) is 3.18. The standard InChI is InChI=1S/C16H14ClNO2S/c17-14-9-13(3-1-11(14)2-4-16(19)20)18-7-5-15-12(10-18)6-8-21-15/h1-4,6,8-9H,5,7,10H2,(H,19,20)/b4-2+. The minimum Gasteiger partial charge on any atom is -0.478 e. The van der Waals surface area contributed by atoms with Gasteiger partial charge in [0.2, 0.25) is 0 Å². The second-order valence-electron chi connectivity index (χ2n) is 4.92. The van der Waals surface area contributed by atoms with Crippen LogP contribution in [0.2, 0.25) is 5.02 Å². The average Bonchev–Trinajstić information content (AvgIpc) is 2.93. The molecule has 1 aliphatic heterocycles. The molecule has 1 aromatic carbocycles. The van der Waals surface area contributed by atoms with Crippen LogP contribution in [0, 0.1) is 0 Å². The minimum atomic E-state index is -0.976. The van der Waals surface area contributed by atoms with E-state index < -0.39 is 5.97 Å². The lowest BCUT2D eigenvalue weighted by atomic mass is 10.1. The first-order valence-electron chi connectivity index (χ1n) is 6.64. The number of rotatable bonds is 3. The highest BCUT2D eigenvalue weighted by atomic mass is 35.5. The fourth-order valence-corrected chi connectivity index (χ4v) is 3.61. The predicted molar refractivity (Wildman–Crippen MR) is 87.2 cm³/mol. The average molecular weight is 320 g/mol. The van der Waals surface area contributed by atoms with E-state index in [2.05, 4.69) is 16.3 Å². The van der Waals surface area contributed by atoms with Crippen LogP contribution in [0.4, 0.5) is 5.69 Å². The monoisotopic (exact) mass is 319 g/mol. The Morgan fingerprint density at radius 2 is 2.24 bits per heavy atom. The number of nitrogens with zero attached hydrogens (tertiary/aromatic N) is 1. The van der Waals surface area contributed by atoms with Crippen molar-refractivity contribution in [2.75, 3.05) is 11.4 Å². The molecular formula is C16H14ClNO2S. The van der Waals surface area contributed by atoms with E-state index >= 15 is 0 Å². The lowest BCUT2D eigenvalue weighted by Crippen LogP contribution is -2.29. The van der Waals surface area contributed by atoms with Crippen molar-refractivity contribution >= 4 is 40.7 Å². The van der Waals surface area contributed by atoms with Gasteiger partial charge in [0.1, 0.15) is 0 Å². The van der Waals surface area contributed by atoms with Crippen molar-refractivity contribution in [1.29, 1.82) is 0 Å². The van der Waals surface area contributed by atoms with Crippen LogP contribution in [0.25, 0.3) is 6.08 Å². The Labute approximate surface area is 132 Å². The molecule has 1 aliphatic rings. The van der Waals surface area contributed by atoms with E-state index in [-0.39, 0.29) is 0 Å². The number of fused-ring (bicyclic) bond motifs is 1. The van der Waals surface area contributed by atoms with E-state index in [0.29, 0.717) is 5.02 Å². The summed E-state index contributed by atoms with van der Waals surface area (Å²) in [5, 5.41) is 11.4. The smallest absolute Gasteiger partial charge is 0.328 e. The number of aliphatic carboxylic acids is 1. The van der Waals surface area contributed by atoms with E-state index in [1.165, 1.54) is 16.5 Å². The summed E-state index contributed by atoms with van der Waals surface area (Å²) in [6, 6.07) is 7.93. The largest absolute Gasteiger partial charge is 0.478 e. The minimum absolute atomic E-state index is 0.570. The summed E-state index contributed by atoms with van der Waals surface area (Å²) in [6.07, 6.45) is 3.67. The maximum atomic E-state index is 10.6. The van der Waals surface area contributed by atoms with Crippen LogP contribution in [0.3, 0.4) is 0 Å². The van der Waals surface area contributed by atoms with E-state index in [0.717, 1.165) is 36.8 Å². The van der Waals surface area contributed by atoms with Gasteiger partial charge in [-0.3, -0.25) is 0 Å². The van der Waals surface area contributed by atoms with E-state index in [9.17, 15) is 4.79 Å². The van der Waals surface area contributed by atoms with E-state index in [1.54, 1.807) is 0 Å². The van der Waals surface area contributed by atoms with Gasteiger partial charge in [0, 0.05) is 34.8 Å². The van der Waals surface area contributed by atoms with Crippen LogP contribution in [0.1, 0.15) is 16.0 Å². The van der Waals surface area contributed by atoms with Gasteiger partial charge in [-0.25, -0.2) is 4.79 Å². The Hall–Kier alpha value is -1.78. The Kier molecular flexibility index (Phi) is 3.99. The number of anilines is 1. The third kappa shape index (κ3) is 3.12. The number of thiophene rings is 1. The third-order valence-electron chi connectivity index (χ3n) is 3.56. The van der Waals surface area contributed by atoms with Gasteiger partial charge in [-0.2, -0.15) is 0 Å². The molecule has 5 heteroatoms. The number of carboxylic acids is 1. The molecule has 1 aromatic heterocycles. The maximum absolute atomic E-state index is 10.6. The number of benzene rings is 1. The quantitative estimate of drug-likeness (QED) is 0.867. The van der Waals surface area contributed by atoms with Crippen molar-refractivity contribution in [3.63, 3.8) is 0 Å². The van der Waals surface area contributed by atoms with Crippen LogP contribution in [-0.2, 0) is 17.8 Å². The predicted octanol–water partition coefficient (Wildman–Crippen LogP) is 4.06. The molecule has 0 unspecified atom stereocenters. The van der Waals surface area contributed by atoms with Crippen LogP contribution in [0.15, 0.2) is 35.7 Å². The fourth-order valence-electron chi connectivity index (χ4n) is 2.48. The lowest BCUT2D eigenvalue weighted by Gasteiger charge is -2.29. The van der Waals surface area contributed by atoms with Crippen LogP contribution in [0.5, 0.6) is 0 Å². The van der Waals surface area contributed by atoms with Crippen molar-refractivity contribution < 1.29 is 9.90 Å². The number of hydrogen-bond donors (Lipinski definition) is 1. The van der Waals surface area contributed by atoms with E-state index in [4.69, 9.17) is 16.7 Å². The van der Waals surface area contributed by atoms with Crippen molar-refractivity contribution in [2.45, 2.75) is 13.0 Å². The van der Waals surface area contributed by atoms with Crippen molar-refractivity contribution in [1.82, 2.24) is 0 Å². The first-order chi connectivity index (χ1) is 10.1. The molecule has 0 spiro atoms. The lowest BCUT2D eigenvalue weighted by molar-refractivity contribution is -0.131. The summed E-state index contributed by atoms with van der Waals surface area (Å²) in [7, 11) is 0. The first-order valence-corrected chi connectivity index (χ1v) is 7.90. The molecule has 0 saturated heterocycles. The Bertz CT molecular complexity index is 708. The topological polar surface area (TPSA) is 40.5 Å². The summed E-state index contributed by atoms with van der Waals surface area (Å²) in [6.45, 7) is 1.88. The molecule has 0 radical (unpaired) electrons. The van der Waals surface area contributed by atoms with Crippen LogP contribution >= 0.6 is 22.9 Å². The molecule has 0 fully saturated rings. The summed E-state index contributed by atoms with van der Waals surface area (Å²) >= 11 is 8.06. The number of carbonyl (C=O) groups is 1. The molecule has 0 atom stereocenters. The molecule has 1 N–H and O–H groups in total.